The molecular formula is C42H43N5O14. The number of nitrogens with one attached hydrogen (secondary N) is 1. The Balaban J connectivity index is 1.14. The number of aliphatic hydroxyl groups excluding tert-OH is 2. The van der Waals surface area contributed by atoms with Crippen LogP contribution in [0.3, 0.4) is 0 Å². The van der Waals surface area contributed by atoms with Crippen molar-refractivity contribution in [1.29, 1.82) is 0 Å². The number of amides is 1. The number of aliphatic hydroxyl groups is 2. The van der Waals surface area contributed by atoms with Gasteiger partial charge >= 0.3 is 17.5 Å². The van der Waals surface area contributed by atoms with Gasteiger partial charge in [0.15, 0.2) is 12.3 Å². The van der Waals surface area contributed by atoms with Gasteiger partial charge in [-0.05, 0) is 47.9 Å². The molecule has 61 heavy (non-hydrogen) atoms. The third-order valence-corrected chi connectivity index (χ3v) is 11.1. The number of carbonyl (C=O) groups is 1. The average Bonchev–Trinajstić information content (AvgIpc) is 3.73. The van der Waals surface area contributed by atoms with E-state index in [1.807, 2.05) is 78.9 Å². The highest BCUT2D eigenvalue weighted by molar-refractivity contribution is 5.67. The summed E-state index contributed by atoms with van der Waals surface area (Å²) in [6.45, 7) is 0.0762. The zero-order valence-corrected chi connectivity index (χ0v) is 33.2. The summed E-state index contributed by atoms with van der Waals surface area (Å²) in [5.41, 5.74) is -1.97. The van der Waals surface area contributed by atoms with Crippen molar-refractivity contribution >= 4 is 6.09 Å². The van der Waals surface area contributed by atoms with E-state index in [0.29, 0.717) is 27.2 Å². The molecule has 320 valence electrons. The van der Waals surface area contributed by atoms with E-state index in [9.17, 15) is 34.2 Å². The Bertz CT molecular complexity index is 2560. The second kappa shape index (κ2) is 17.0. The van der Waals surface area contributed by atoms with Crippen molar-refractivity contribution in [1.82, 2.24) is 23.7 Å². The van der Waals surface area contributed by atoms with Gasteiger partial charge in [0.25, 0.3) is 11.1 Å². The Morgan fingerprint density at radius 2 is 1.51 bits per heavy atom. The second-order valence-electron chi connectivity index (χ2n) is 14.7. The van der Waals surface area contributed by atoms with E-state index in [2.05, 4.69) is 4.98 Å². The molecule has 1 amide bonds. The van der Waals surface area contributed by atoms with Crippen LogP contribution in [0.2, 0.25) is 0 Å². The fourth-order valence-corrected chi connectivity index (χ4v) is 8.01. The predicted molar refractivity (Wildman–Crippen MR) is 212 cm³/mol. The summed E-state index contributed by atoms with van der Waals surface area (Å²) in [5.74, 6) is 1.23. The van der Waals surface area contributed by atoms with Crippen LogP contribution < -0.4 is 32.0 Å². The number of hydrogen-bond acceptors (Lipinski definition) is 14. The van der Waals surface area contributed by atoms with Gasteiger partial charge in [-0.2, -0.15) is 5.06 Å². The number of fused-ring (bicyclic) bond motifs is 2. The minimum Gasteiger partial charge on any atom is -0.497 e. The molecule has 3 N–H and O–H groups in total. The van der Waals surface area contributed by atoms with Gasteiger partial charge in [-0.25, -0.2) is 19.0 Å². The van der Waals surface area contributed by atoms with Crippen molar-refractivity contribution in [2.24, 2.45) is 0 Å². The fourth-order valence-electron chi connectivity index (χ4n) is 8.01. The Kier molecular flexibility index (Phi) is 11.5. The van der Waals surface area contributed by atoms with Crippen LogP contribution in [0.1, 0.15) is 41.1 Å². The third kappa shape index (κ3) is 7.66. The minimum absolute atomic E-state index is 0.110. The van der Waals surface area contributed by atoms with Crippen molar-refractivity contribution in [3.8, 4) is 11.5 Å². The summed E-state index contributed by atoms with van der Waals surface area (Å²) in [7, 11) is 3.13. The number of benzene rings is 3. The highest BCUT2D eigenvalue weighted by Crippen LogP contribution is 2.43. The van der Waals surface area contributed by atoms with Crippen molar-refractivity contribution in [3.05, 3.63) is 161 Å². The number of aromatic amines is 1. The quantitative estimate of drug-likeness (QED) is 0.152. The molecule has 5 aromatic rings. The van der Waals surface area contributed by atoms with E-state index in [-0.39, 0.29) is 25.1 Å². The zero-order valence-electron chi connectivity index (χ0n) is 33.2. The van der Waals surface area contributed by atoms with Crippen LogP contribution in [0.25, 0.3) is 0 Å². The molecule has 5 heterocycles. The highest BCUT2D eigenvalue weighted by atomic mass is 16.8. The molecule has 3 saturated heterocycles. The summed E-state index contributed by atoms with van der Waals surface area (Å²) in [6.07, 6.45) is -6.57. The number of rotatable bonds is 12. The number of hydroxylamine groups is 2. The maximum atomic E-state index is 14.0. The largest absolute Gasteiger partial charge is 0.497 e. The number of methoxy groups -OCH3 is 2. The van der Waals surface area contributed by atoms with Crippen LogP contribution in [-0.4, -0.2) is 97.9 Å². The van der Waals surface area contributed by atoms with Gasteiger partial charge in [-0.1, -0.05) is 54.6 Å². The monoisotopic (exact) mass is 841 g/mol. The molecule has 19 nitrogen and oxygen atoms in total. The maximum Gasteiger partial charge on any atom is 0.434 e. The first kappa shape index (κ1) is 41.4. The molecule has 3 aliphatic heterocycles. The predicted octanol–water partition coefficient (Wildman–Crippen LogP) is 1.51. The number of H-pyrrole nitrogens is 1. The minimum atomic E-state index is -1.31. The lowest BCUT2D eigenvalue weighted by Gasteiger charge is -2.37. The van der Waals surface area contributed by atoms with E-state index in [1.54, 1.807) is 14.2 Å². The summed E-state index contributed by atoms with van der Waals surface area (Å²) >= 11 is 0. The lowest BCUT2D eigenvalue weighted by Crippen LogP contribution is -2.53. The molecule has 7 atom stereocenters. The first-order valence-corrected chi connectivity index (χ1v) is 19.3. The van der Waals surface area contributed by atoms with Gasteiger partial charge in [-0.3, -0.25) is 28.5 Å². The fraction of sp³-hybridized carbons (Fsp3) is 0.357. The first-order valence-electron chi connectivity index (χ1n) is 19.3. The SMILES string of the molecule is COc1ccc(C(OC[C@H]2O[C@@H](n3cc(C)c(=O)n(CO)c3=O)C[C@@H]2OC(=O)N2C[C@H]3O[C@@H](n4ccc(=O)[nH]c4=O)[C@@H](O2)[C@@H]3O)(c2ccccc2)c2ccc(OC)cc2)cc1. The van der Waals surface area contributed by atoms with Crippen LogP contribution in [0.5, 0.6) is 11.5 Å². The third-order valence-electron chi connectivity index (χ3n) is 11.1. The van der Waals surface area contributed by atoms with Crippen molar-refractivity contribution in [2.45, 2.75) is 68.7 Å². The molecule has 0 saturated carbocycles. The van der Waals surface area contributed by atoms with E-state index in [4.69, 9.17) is 33.3 Å². The molecule has 0 radical (unpaired) electrons. The van der Waals surface area contributed by atoms with Crippen LogP contribution in [0, 0.1) is 6.92 Å². The smallest absolute Gasteiger partial charge is 0.434 e. The number of carbonyl (C=O) groups excluding carboxylic acids is 1. The number of nitrogens with zero attached hydrogens (tertiary/aromatic N) is 4. The molecule has 8 rings (SSSR count). The van der Waals surface area contributed by atoms with Crippen LogP contribution in [-0.2, 0) is 36.1 Å². The van der Waals surface area contributed by atoms with Crippen LogP contribution >= 0.6 is 0 Å². The summed E-state index contributed by atoms with van der Waals surface area (Å²) in [5, 5.41) is 21.7. The molecule has 2 bridgehead atoms. The molecule has 3 aliphatic rings. The average molecular weight is 842 g/mol. The number of aryl methyl sites for hydroxylation is 1. The van der Waals surface area contributed by atoms with Crippen LogP contribution in [0.4, 0.5) is 4.79 Å². The van der Waals surface area contributed by atoms with E-state index < -0.39 is 83.9 Å². The van der Waals surface area contributed by atoms with E-state index >= 15 is 0 Å². The van der Waals surface area contributed by atoms with Crippen molar-refractivity contribution in [2.75, 3.05) is 27.4 Å². The topological polar surface area (TPSA) is 224 Å². The Morgan fingerprint density at radius 1 is 0.869 bits per heavy atom. The number of ether oxygens (including phenoxy) is 6. The number of hydrogen-bond donors (Lipinski definition) is 3. The molecule has 3 aromatic carbocycles. The number of aromatic nitrogens is 4. The van der Waals surface area contributed by atoms with Crippen LogP contribution in [0.15, 0.2) is 117 Å². The van der Waals surface area contributed by atoms with Crippen molar-refractivity contribution in [3.63, 3.8) is 0 Å². The molecule has 19 heteroatoms. The van der Waals surface area contributed by atoms with E-state index in [1.165, 1.54) is 19.3 Å². The molecule has 2 aromatic heterocycles. The molecule has 3 fully saturated rings. The molecule has 0 spiro atoms. The zero-order chi connectivity index (χ0) is 43.0. The van der Waals surface area contributed by atoms with Gasteiger partial charge in [-0.15, -0.1) is 0 Å². The second-order valence-corrected chi connectivity index (χ2v) is 14.7. The lowest BCUT2D eigenvalue weighted by atomic mass is 9.80. The Labute approximate surface area is 346 Å². The molecule has 0 aliphatic carbocycles. The first-order chi connectivity index (χ1) is 29.4. The molecular weight excluding hydrogens is 798 g/mol. The van der Waals surface area contributed by atoms with Gasteiger partial charge < -0.3 is 38.6 Å². The normalized spacial score (nSPS) is 23.5. The standard InChI is InChI=1S/C42H43N5O14/c1-24-20-45(40(53)46(23-48)37(24)51)34-19-30(60-41(54)47-21-31-35(50)36(61-47)38(59-31)44-18-17-33(49)43-39(44)52)32(58-34)22-57-42(25-7-5-4-6-8-25,26-9-13-28(55-2)14-10-26)27-11-15-29(56-3)16-12-27/h4-18,20,30-32,34-36,38,48,50H,19,21-23H2,1-3H3,(H,43,49,52)/t30-,31+,32+,34+,35+,36-,38+/m0/s1. The van der Waals surface area contributed by atoms with Gasteiger partial charge in [0.1, 0.15) is 54.5 Å². The maximum absolute atomic E-state index is 14.0. The summed E-state index contributed by atoms with van der Waals surface area (Å²) < 4.78 is 39.4. The van der Waals surface area contributed by atoms with Gasteiger partial charge in [0.05, 0.1) is 27.4 Å². The summed E-state index contributed by atoms with van der Waals surface area (Å²) in [6, 6.07) is 25.3. The van der Waals surface area contributed by atoms with Gasteiger partial charge in [0, 0.05) is 30.4 Å². The summed E-state index contributed by atoms with van der Waals surface area (Å²) in [4.78, 5) is 72.6. The van der Waals surface area contributed by atoms with Crippen molar-refractivity contribution < 1.29 is 48.3 Å². The Hall–Kier alpha value is -6.35. The lowest BCUT2D eigenvalue weighted by molar-refractivity contribution is -0.230. The molecule has 0 unspecified atom stereocenters. The van der Waals surface area contributed by atoms with E-state index in [0.717, 1.165) is 25.8 Å². The van der Waals surface area contributed by atoms with Gasteiger partial charge in [0.2, 0.25) is 0 Å². The Morgan fingerprint density at radius 3 is 2.11 bits per heavy atom. The highest BCUT2D eigenvalue weighted by Gasteiger charge is 2.53.